The molecule has 0 radical (unpaired) electrons. The summed E-state index contributed by atoms with van der Waals surface area (Å²) in [5, 5.41) is 8.63. The Bertz CT molecular complexity index is 184. The Balaban J connectivity index is 2.04. The van der Waals surface area contributed by atoms with Crippen molar-refractivity contribution in [3.8, 4) is 0 Å². The van der Waals surface area contributed by atoms with Gasteiger partial charge in [-0.2, -0.15) is 0 Å². The molecule has 1 rings (SSSR count). The molecule has 0 aromatic carbocycles. The Labute approximate surface area is 78.5 Å². The van der Waals surface area contributed by atoms with Gasteiger partial charge in [-0.1, -0.05) is 0 Å². The van der Waals surface area contributed by atoms with Gasteiger partial charge in [-0.25, -0.2) is 0 Å². The molecule has 4 nitrogen and oxygen atoms in total. The molecule has 1 aliphatic heterocycles. The molecule has 0 aromatic heterocycles. The summed E-state index contributed by atoms with van der Waals surface area (Å²) in [6.07, 6.45) is 0.0495. The average molecular weight is 187 g/mol. The second-order valence-corrected chi connectivity index (χ2v) is 3.58. The molecule has 0 aromatic rings. The first kappa shape index (κ1) is 10.5. The van der Waals surface area contributed by atoms with Crippen LogP contribution in [-0.2, 0) is 9.53 Å². The topological polar surface area (TPSA) is 49.5 Å². The van der Waals surface area contributed by atoms with Crippen molar-refractivity contribution in [2.24, 2.45) is 0 Å². The molecule has 1 fully saturated rings. The van der Waals surface area contributed by atoms with E-state index in [1.54, 1.807) is 6.92 Å². The molecule has 0 saturated carbocycles. The van der Waals surface area contributed by atoms with E-state index in [4.69, 9.17) is 9.84 Å². The second-order valence-electron chi connectivity index (χ2n) is 3.58. The van der Waals surface area contributed by atoms with Gasteiger partial charge in [0.2, 0.25) is 0 Å². The van der Waals surface area contributed by atoms with Crippen LogP contribution in [0.15, 0.2) is 0 Å². The SMILES string of the molecule is CC(CO)OC(=O)CCN1CC1C. The third kappa shape index (κ3) is 3.74. The third-order valence-corrected chi connectivity index (χ3v) is 2.18. The average Bonchev–Trinajstić information content (AvgIpc) is 2.78. The van der Waals surface area contributed by atoms with Gasteiger partial charge >= 0.3 is 5.97 Å². The fourth-order valence-corrected chi connectivity index (χ4v) is 1.16. The maximum Gasteiger partial charge on any atom is 0.307 e. The lowest BCUT2D eigenvalue weighted by atomic mass is 10.4. The van der Waals surface area contributed by atoms with Crippen LogP contribution in [0.5, 0.6) is 0 Å². The fraction of sp³-hybridized carbons (Fsp3) is 0.889. The molecule has 1 aliphatic rings. The number of carbonyl (C=O) groups excluding carboxylic acids is 1. The molecule has 1 saturated heterocycles. The molecule has 3 unspecified atom stereocenters. The maximum atomic E-state index is 11.1. The van der Waals surface area contributed by atoms with Crippen molar-refractivity contribution in [3.05, 3.63) is 0 Å². The van der Waals surface area contributed by atoms with Crippen LogP contribution < -0.4 is 0 Å². The quantitative estimate of drug-likeness (QED) is 0.486. The molecule has 0 aliphatic carbocycles. The Morgan fingerprint density at radius 1 is 1.77 bits per heavy atom. The van der Waals surface area contributed by atoms with Gasteiger partial charge in [0.15, 0.2) is 0 Å². The van der Waals surface area contributed by atoms with Crippen molar-refractivity contribution in [2.75, 3.05) is 19.7 Å². The predicted molar refractivity (Wildman–Crippen MR) is 48.3 cm³/mol. The van der Waals surface area contributed by atoms with Crippen molar-refractivity contribution in [1.29, 1.82) is 0 Å². The number of rotatable bonds is 5. The van der Waals surface area contributed by atoms with Crippen molar-refractivity contribution in [3.63, 3.8) is 0 Å². The summed E-state index contributed by atoms with van der Waals surface area (Å²) in [5.74, 6) is -0.222. The second kappa shape index (κ2) is 4.58. The van der Waals surface area contributed by atoms with E-state index in [2.05, 4.69) is 11.8 Å². The lowest BCUT2D eigenvalue weighted by molar-refractivity contribution is -0.150. The largest absolute Gasteiger partial charge is 0.460 e. The van der Waals surface area contributed by atoms with Crippen LogP contribution in [0.1, 0.15) is 20.3 Å². The summed E-state index contributed by atoms with van der Waals surface area (Å²) in [5.41, 5.74) is 0. The first-order valence-electron chi connectivity index (χ1n) is 4.68. The number of hydrogen-bond donors (Lipinski definition) is 1. The Morgan fingerprint density at radius 2 is 2.38 bits per heavy atom. The zero-order valence-corrected chi connectivity index (χ0v) is 8.19. The molecule has 0 bridgehead atoms. The molecule has 0 amide bonds. The Hall–Kier alpha value is -0.610. The molecule has 0 spiro atoms. The summed E-state index contributed by atoms with van der Waals surface area (Å²) in [6.45, 7) is 5.56. The molecule has 4 heteroatoms. The van der Waals surface area contributed by atoms with E-state index in [-0.39, 0.29) is 18.7 Å². The summed E-state index contributed by atoms with van der Waals surface area (Å²) in [4.78, 5) is 13.3. The smallest absolute Gasteiger partial charge is 0.307 e. The Morgan fingerprint density at radius 3 is 2.85 bits per heavy atom. The van der Waals surface area contributed by atoms with Crippen LogP contribution in [0.2, 0.25) is 0 Å². The Kier molecular flexibility index (Phi) is 3.69. The van der Waals surface area contributed by atoms with E-state index < -0.39 is 0 Å². The van der Waals surface area contributed by atoms with E-state index in [1.165, 1.54) is 0 Å². The summed E-state index contributed by atoms with van der Waals surface area (Å²) >= 11 is 0. The van der Waals surface area contributed by atoms with Gasteiger partial charge in [0, 0.05) is 19.1 Å². The van der Waals surface area contributed by atoms with Gasteiger partial charge < -0.3 is 9.84 Å². The van der Waals surface area contributed by atoms with E-state index >= 15 is 0 Å². The first-order chi connectivity index (χ1) is 6.13. The van der Waals surface area contributed by atoms with Gasteiger partial charge in [0.05, 0.1) is 13.0 Å². The van der Waals surface area contributed by atoms with Crippen molar-refractivity contribution in [1.82, 2.24) is 4.90 Å². The van der Waals surface area contributed by atoms with Crippen LogP contribution in [-0.4, -0.2) is 47.8 Å². The van der Waals surface area contributed by atoms with Crippen molar-refractivity contribution >= 4 is 5.97 Å². The minimum Gasteiger partial charge on any atom is -0.460 e. The van der Waals surface area contributed by atoms with Crippen LogP contribution in [0.3, 0.4) is 0 Å². The number of aliphatic hydroxyl groups is 1. The summed E-state index contributed by atoms with van der Waals surface area (Å²) in [6, 6.07) is 0.628. The molecular weight excluding hydrogens is 170 g/mol. The van der Waals surface area contributed by atoms with Crippen molar-refractivity contribution in [2.45, 2.75) is 32.4 Å². The minimum atomic E-state index is -0.376. The van der Waals surface area contributed by atoms with Gasteiger partial charge in [-0.05, 0) is 13.8 Å². The highest BCUT2D eigenvalue weighted by molar-refractivity contribution is 5.69. The maximum absolute atomic E-state index is 11.1. The lowest BCUT2D eigenvalue weighted by Gasteiger charge is -2.09. The molecule has 76 valence electrons. The number of hydrogen-bond acceptors (Lipinski definition) is 4. The van der Waals surface area contributed by atoms with Gasteiger partial charge in [0.25, 0.3) is 0 Å². The highest BCUT2D eigenvalue weighted by Crippen LogP contribution is 2.15. The monoisotopic (exact) mass is 187 g/mol. The number of esters is 1. The normalized spacial score (nSPS) is 28.2. The molecule has 13 heavy (non-hydrogen) atoms. The number of nitrogens with zero attached hydrogens (tertiary/aromatic N) is 1. The van der Waals surface area contributed by atoms with E-state index in [0.29, 0.717) is 12.5 Å². The van der Waals surface area contributed by atoms with Crippen LogP contribution >= 0.6 is 0 Å². The first-order valence-corrected chi connectivity index (χ1v) is 4.68. The minimum absolute atomic E-state index is 0.105. The van der Waals surface area contributed by atoms with Crippen LogP contribution in [0.25, 0.3) is 0 Å². The zero-order valence-electron chi connectivity index (χ0n) is 8.19. The van der Waals surface area contributed by atoms with E-state index in [9.17, 15) is 4.79 Å². The molecular formula is C9H17NO3. The van der Waals surface area contributed by atoms with Gasteiger partial charge in [-0.3, -0.25) is 9.69 Å². The summed E-state index contributed by atoms with van der Waals surface area (Å²) in [7, 11) is 0. The highest BCUT2D eigenvalue weighted by Gasteiger charge is 2.28. The zero-order chi connectivity index (χ0) is 9.84. The third-order valence-electron chi connectivity index (χ3n) is 2.18. The number of carbonyl (C=O) groups is 1. The number of ether oxygens (including phenoxy) is 1. The predicted octanol–water partition coefficient (Wildman–Crippen LogP) is 0.00460. The summed E-state index contributed by atoms with van der Waals surface area (Å²) < 4.78 is 4.90. The highest BCUT2D eigenvalue weighted by atomic mass is 16.5. The number of aliphatic hydroxyl groups excluding tert-OH is 1. The van der Waals surface area contributed by atoms with Gasteiger partial charge in [0.1, 0.15) is 6.10 Å². The van der Waals surface area contributed by atoms with Crippen LogP contribution in [0.4, 0.5) is 0 Å². The lowest BCUT2D eigenvalue weighted by Crippen LogP contribution is -2.20. The fourth-order valence-electron chi connectivity index (χ4n) is 1.16. The van der Waals surface area contributed by atoms with Crippen molar-refractivity contribution < 1.29 is 14.6 Å². The van der Waals surface area contributed by atoms with E-state index in [0.717, 1.165) is 13.1 Å². The van der Waals surface area contributed by atoms with Crippen LogP contribution in [0, 0.1) is 0 Å². The van der Waals surface area contributed by atoms with Gasteiger partial charge in [-0.15, -0.1) is 0 Å². The standard InChI is InChI=1S/C9H17NO3/c1-7-5-10(7)4-3-9(12)13-8(2)6-11/h7-8,11H,3-6H2,1-2H3. The molecule has 3 atom stereocenters. The van der Waals surface area contributed by atoms with E-state index in [1.807, 2.05) is 0 Å². The molecule has 1 N–H and O–H groups in total. The molecule has 1 heterocycles.